The third kappa shape index (κ3) is 12.9. The van der Waals surface area contributed by atoms with Crippen molar-refractivity contribution in [1.29, 1.82) is 0 Å². The summed E-state index contributed by atoms with van der Waals surface area (Å²) >= 11 is 0. The fourth-order valence-electron chi connectivity index (χ4n) is 11.8. The zero-order valence-corrected chi connectivity index (χ0v) is 45.2. The lowest BCUT2D eigenvalue weighted by Gasteiger charge is -2.30. The fraction of sp³-hybridized carbons (Fsp3) is 0.310. The summed E-state index contributed by atoms with van der Waals surface area (Å²) in [7, 11) is 0. The Hall–Kier alpha value is -7.41. The Morgan fingerprint density at radius 3 is 1.53 bits per heavy atom. The third-order valence-corrected chi connectivity index (χ3v) is 15.7. The number of rotatable bonds is 26. The van der Waals surface area contributed by atoms with Gasteiger partial charge >= 0.3 is 5.97 Å². The standard InChI is InChI=1S/C71H74O6/c1-3-5-7-9-11-19-45-73-60-34-32-56-48-52(27-30-58(56)50-60)22-21-47-75-77-67-39-37-63(55-25-17-14-18-26-55)65-42-44-71(70(65)67)43-41-64-62(54-23-15-13-16-24-54)36-38-66(69(64)71)76-68(72)40-29-53-28-31-59-51-61(35-33-57(59)49-53)74-46-20-12-10-8-6-4-2/h13-18,21-40,48-51H,3-12,19-20,41-47H2,1-2H3. The van der Waals surface area contributed by atoms with Gasteiger partial charge in [0.2, 0.25) is 0 Å². The molecule has 394 valence electrons. The Labute approximate surface area is 456 Å². The predicted molar refractivity (Wildman–Crippen MR) is 317 cm³/mol. The minimum Gasteiger partial charge on any atom is -0.494 e. The normalized spacial score (nSPS) is 14.7. The molecule has 1 atom stereocenters. The van der Waals surface area contributed by atoms with Gasteiger partial charge in [-0.2, -0.15) is 4.89 Å². The van der Waals surface area contributed by atoms with E-state index < -0.39 is 11.4 Å². The predicted octanol–water partition coefficient (Wildman–Crippen LogP) is 18.6. The van der Waals surface area contributed by atoms with E-state index in [-0.39, 0.29) is 6.61 Å². The van der Waals surface area contributed by atoms with Crippen LogP contribution in [0.3, 0.4) is 0 Å². The van der Waals surface area contributed by atoms with Gasteiger partial charge in [-0.1, -0.05) is 199 Å². The number of hydrogen-bond acceptors (Lipinski definition) is 6. The molecule has 77 heavy (non-hydrogen) atoms. The summed E-state index contributed by atoms with van der Waals surface area (Å²) in [6.45, 7) is 6.24. The van der Waals surface area contributed by atoms with Gasteiger partial charge in [-0.25, -0.2) is 4.79 Å². The Kier molecular flexibility index (Phi) is 18.0. The maximum atomic E-state index is 14.1. The zero-order valence-electron chi connectivity index (χ0n) is 45.2. The van der Waals surface area contributed by atoms with Crippen LogP contribution in [0, 0.1) is 0 Å². The van der Waals surface area contributed by atoms with Crippen molar-refractivity contribution >= 4 is 39.7 Å². The molecule has 0 heterocycles. The molecule has 1 spiro atoms. The highest BCUT2D eigenvalue weighted by atomic mass is 17.2. The monoisotopic (exact) mass is 1020 g/mol. The molecule has 10 rings (SSSR count). The SMILES string of the molecule is CCCCCCCCOc1ccc2cc(C=CCOOc3ccc(-c4ccccc4)c4c3C3(CC4)CCc4c(-c5ccccc5)ccc(OC(=O)C=Cc5ccc6cc(OCCCCCCCC)ccc6c5)c43)ccc2c1. The molecule has 0 radical (unpaired) electrons. The van der Waals surface area contributed by atoms with Crippen LogP contribution in [0.25, 0.3) is 56.0 Å². The van der Waals surface area contributed by atoms with Crippen molar-refractivity contribution in [2.45, 2.75) is 122 Å². The molecule has 6 heteroatoms. The molecule has 0 aliphatic heterocycles. The molecule has 0 bridgehead atoms. The Balaban J connectivity index is 0.871. The summed E-state index contributed by atoms with van der Waals surface area (Å²) in [6, 6.07) is 54.8. The van der Waals surface area contributed by atoms with E-state index in [0.29, 0.717) is 11.5 Å². The summed E-state index contributed by atoms with van der Waals surface area (Å²) in [5, 5.41) is 4.50. The average Bonchev–Trinajstić information content (AvgIpc) is 4.25. The van der Waals surface area contributed by atoms with Gasteiger partial charge in [-0.05, 0) is 159 Å². The van der Waals surface area contributed by atoms with Crippen LogP contribution in [-0.4, -0.2) is 25.8 Å². The maximum absolute atomic E-state index is 14.1. The van der Waals surface area contributed by atoms with Crippen LogP contribution in [0.2, 0.25) is 0 Å². The molecule has 0 N–H and O–H groups in total. The lowest BCUT2D eigenvalue weighted by molar-refractivity contribution is -0.196. The van der Waals surface area contributed by atoms with E-state index in [4.69, 9.17) is 24.0 Å². The van der Waals surface area contributed by atoms with E-state index in [1.54, 1.807) is 6.08 Å². The first-order chi connectivity index (χ1) is 38.0. The van der Waals surface area contributed by atoms with Gasteiger partial charge in [0.15, 0.2) is 5.75 Å². The molecular formula is C71H74O6. The van der Waals surface area contributed by atoms with E-state index in [0.717, 1.165) is 124 Å². The molecular weight excluding hydrogens is 949 g/mol. The van der Waals surface area contributed by atoms with Gasteiger partial charge in [0.25, 0.3) is 0 Å². The van der Waals surface area contributed by atoms with Crippen LogP contribution < -0.4 is 19.1 Å². The zero-order chi connectivity index (χ0) is 52.7. The molecule has 8 aromatic carbocycles. The molecule has 2 aliphatic rings. The second-order valence-electron chi connectivity index (χ2n) is 21.0. The number of benzene rings is 8. The van der Waals surface area contributed by atoms with Crippen molar-refractivity contribution < 1.29 is 28.8 Å². The molecule has 2 aliphatic carbocycles. The van der Waals surface area contributed by atoms with Gasteiger partial charge in [0, 0.05) is 22.6 Å². The van der Waals surface area contributed by atoms with Crippen LogP contribution in [-0.2, 0) is 27.9 Å². The highest BCUT2D eigenvalue weighted by Crippen LogP contribution is 2.60. The fourth-order valence-corrected chi connectivity index (χ4v) is 11.8. The minimum absolute atomic E-state index is 0.251. The van der Waals surface area contributed by atoms with E-state index in [9.17, 15) is 4.79 Å². The second kappa shape index (κ2) is 26.1. The summed E-state index contributed by atoms with van der Waals surface area (Å²) in [5.41, 5.74) is 10.7. The summed E-state index contributed by atoms with van der Waals surface area (Å²) in [4.78, 5) is 26.6. The molecule has 0 aromatic heterocycles. The average molecular weight is 1020 g/mol. The van der Waals surface area contributed by atoms with Crippen LogP contribution in [0.5, 0.6) is 23.0 Å². The first-order valence-corrected chi connectivity index (χ1v) is 28.6. The highest BCUT2D eigenvalue weighted by Gasteiger charge is 2.50. The van der Waals surface area contributed by atoms with Gasteiger partial charge in [-0.15, -0.1) is 0 Å². The van der Waals surface area contributed by atoms with E-state index >= 15 is 0 Å². The van der Waals surface area contributed by atoms with Crippen molar-refractivity contribution in [3.63, 3.8) is 0 Å². The molecule has 8 aromatic rings. The summed E-state index contributed by atoms with van der Waals surface area (Å²) in [6.07, 6.45) is 25.7. The van der Waals surface area contributed by atoms with Crippen LogP contribution >= 0.6 is 0 Å². The van der Waals surface area contributed by atoms with E-state index in [2.05, 4.69) is 159 Å². The van der Waals surface area contributed by atoms with Crippen LogP contribution in [0.4, 0.5) is 0 Å². The first kappa shape index (κ1) is 53.0. The Bertz CT molecular complexity index is 3310. The summed E-state index contributed by atoms with van der Waals surface area (Å²) in [5.74, 6) is 2.65. The van der Waals surface area contributed by atoms with Crippen molar-refractivity contribution in [3.05, 3.63) is 203 Å². The topological polar surface area (TPSA) is 63.2 Å². The van der Waals surface area contributed by atoms with Crippen molar-refractivity contribution in [2.75, 3.05) is 19.8 Å². The van der Waals surface area contributed by atoms with E-state index in [1.807, 2.05) is 30.4 Å². The quantitative estimate of drug-likeness (QED) is 0.0134. The van der Waals surface area contributed by atoms with Crippen molar-refractivity contribution in [2.24, 2.45) is 0 Å². The number of carbonyl (C=O) groups excluding carboxylic acids is 1. The smallest absolute Gasteiger partial charge is 0.336 e. The minimum atomic E-state index is -0.492. The lowest BCUT2D eigenvalue weighted by Crippen LogP contribution is -2.24. The number of ether oxygens (including phenoxy) is 3. The van der Waals surface area contributed by atoms with Crippen molar-refractivity contribution in [3.8, 4) is 45.3 Å². The number of hydrogen-bond donors (Lipinski definition) is 0. The third-order valence-electron chi connectivity index (χ3n) is 15.7. The highest BCUT2D eigenvalue weighted by molar-refractivity contribution is 5.92. The van der Waals surface area contributed by atoms with Gasteiger partial charge in [0.1, 0.15) is 23.9 Å². The number of carbonyl (C=O) groups is 1. The Morgan fingerprint density at radius 2 is 0.974 bits per heavy atom. The largest absolute Gasteiger partial charge is 0.494 e. The van der Waals surface area contributed by atoms with Crippen LogP contribution in [0.15, 0.2) is 170 Å². The van der Waals surface area contributed by atoms with Gasteiger partial charge in [-0.3, -0.25) is 0 Å². The maximum Gasteiger partial charge on any atom is 0.336 e. The molecule has 0 saturated heterocycles. The Morgan fingerprint density at radius 1 is 0.494 bits per heavy atom. The molecule has 0 saturated carbocycles. The first-order valence-electron chi connectivity index (χ1n) is 28.6. The molecule has 0 fully saturated rings. The molecule has 0 amide bonds. The van der Waals surface area contributed by atoms with Crippen LogP contribution in [0.1, 0.15) is 137 Å². The number of fused-ring (bicyclic) bond motifs is 6. The van der Waals surface area contributed by atoms with Gasteiger partial charge < -0.3 is 19.1 Å². The number of esters is 1. The van der Waals surface area contributed by atoms with Gasteiger partial charge in [0.05, 0.1) is 13.2 Å². The molecule has 6 nitrogen and oxygen atoms in total. The summed E-state index contributed by atoms with van der Waals surface area (Å²) < 4.78 is 18.7. The lowest BCUT2D eigenvalue weighted by atomic mass is 9.75. The second-order valence-corrected chi connectivity index (χ2v) is 21.0. The van der Waals surface area contributed by atoms with Crippen molar-refractivity contribution in [1.82, 2.24) is 0 Å². The number of unbranched alkanes of at least 4 members (excludes halogenated alkanes) is 10. The molecule has 1 unspecified atom stereocenters. The van der Waals surface area contributed by atoms with E-state index in [1.165, 1.54) is 80.9 Å².